The predicted octanol–water partition coefficient (Wildman–Crippen LogP) is -2.21. The van der Waals surface area contributed by atoms with Crippen molar-refractivity contribution in [2.75, 3.05) is 26.9 Å². The van der Waals surface area contributed by atoms with Crippen LogP contribution in [0.5, 0.6) is 0 Å². The lowest BCUT2D eigenvalue weighted by Crippen LogP contribution is -2.71. The van der Waals surface area contributed by atoms with Gasteiger partial charge in [-0.05, 0) is 6.42 Å². The zero-order chi connectivity index (χ0) is 41.3. The minimum absolute atomic E-state index is 0.159. The van der Waals surface area contributed by atoms with Crippen molar-refractivity contribution in [2.24, 2.45) is 0 Å². The number of amides is 3. The molecule has 0 unspecified atom stereocenters. The molecule has 3 amide bonds. The molecule has 3 saturated heterocycles. The average Bonchev–Trinajstić information content (AvgIpc) is 3.30. The number of hydrogen-bond donors (Lipinski definition) is 1. The van der Waals surface area contributed by atoms with Crippen molar-refractivity contribution in [1.82, 2.24) is 15.1 Å². The van der Waals surface area contributed by atoms with Crippen LogP contribution in [-0.2, 0) is 90.6 Å². The molecule has 3 fully saturated rings. The van der Waals surface area contributed by atoms with Gasteiger partial charge in [0.05, 0.1) is 0 Å². The molecule has 1 N–H and O–H groups in total. The summed E-state index contributed by atoms with van der Waals surface area (Å²) in [5.41, 5.74) is 0. The molecule has 3 heterocycles. The molecule has 3 aliphatic heterocycles. The summed E-state index contributed by atoms with van der Waals surface area (Å²) in [5, 5.41) is 2.62. The van der Waals surface area contributed by atoms with E-state index in [1.54, 1.807) is 0 Å². The second-order valence-corrected chi connectivity index (χ2v) is 12.6. The minimum Gasteiger partial charge on any atom is -0.464 e. The Bertz CT molecular complexity index is 1530. The average molecular weight is 788 g/mol. The van der Waals surface area contributed by atoms with Crippen LogP contribution in [0.25, 0.3) is 0 Å². The fraction of sp³-hybridized carbons (Fsp3) is 0.697. The predicted molar refractivity (Wildman–Crippen MR) is 174 cm³/mol. The Morgan fingerprint density at radius 1 is 0.618 bits per heavy atom. The molecule has 0 aromatic rings. The summed E-state index contributed by atoms with van der Waals surface area (Å²) in [6.45, 7) is 6.04. The Kier molecular flexibility index (Phi) is 15.4. The van der Waals surface area contributed by atoms with Gasteiger partial charge in [-0.25, -0.2) is 0 Å². The fourth-order valence-corrected chi connectivity index (χ4v) is 6.56. The molecule has 3 rings (SSSR count). The molecular weight excluding hydrogens is 742 g/mol. The zero-order valence-electron chi connectivity index (χ0n) is 31.5. The number of ether oxygens (including phenoxy) is 9. The lowest BCUT2D eigenvalue weighted by molar-refractivity contribution is -0.271. The third kappa shape index (κ3) is 11.3. The highest BCUT2D eigenvalue weighted by molar-refractivity contribution is 6.37. The van der Waals surface area contributed by atoms with Crippen LogP contribution < -0.4 is 5.32 Å². The second kappa shape index (κ2) is 19.3. The first-order valence-electron chi connectivity index (χ1n) is 17.0. The standard InChI is InChI=1S/C33H45N3O19/c1-14(37)48-12-21-25(50-16(3)39)28(53-19(6)42)29(54-20(7)43)30-35(31(45)32(46)36(21)30)11-9-10-23(44)34-24-27(52-18(5)41)26(51-17(4)40)22(13-49-15(2)38)55-33(24)47-8/h21-22,24-30,33H,9-13H2,1-8H3,(H,34,44)/t21-,22-,24+,25-,26-,27-,28+,29+,30+,33+/m1/s1. The summed E-state index contributed by atoms with van der Waals surface area (Å²) < 4.78 is 48.5. The fourth-order valence-electron chi connectivity index (χ4n) is 6.56. The maximum absolute atomic E-state index is 13.6. The van der Waals surface area contributed by atoms with Crippen molar-refractivity contribution in [1.29, 1.82) is 0 Å². The molecule has 55 heavy (non-hydrogen) atoms. The molecule has 306 valence electrons. The summed E-state index contributed by atoms with van der Waals surface area (Å²) in [7, 11) is 1.22. The molecule has 0 aromatic heterocycles. The highest BCUT2D eigenvalue weighted by atomic mass is 16.7. The van der Waals surface area contributed by atoms with E-state index in [0.29, 0.717) is 0 Å². The van der Waals surface area contributed by atoms with E-state index in [9.17, 15) is 47.9 Å². The zero-order valence-corrected chi connectivity index (χ0v) is 31.5. The van der Waals surface area contributed by atoms with E-state index >= 15 is 0 Å². The number of carbonyl (C=O) groups is 10. The van der Waals surface area contributed by atoms with Crippen molar-refractivity contribution in [3.63, 3.8) is 0 Å². The van der Waals surface area contributed by atoms with E-state index in [4.69, 9.17) is 42.6 Å². The van der Waals surface area contributed by atoms with Crippen molar-refractivity contribution in [2.45, 2.75) is 122 Å². The molecule has 0 bridgehead atoms. The van der Waals surface area contributed by atoms with E-state index in [-0.39, 0.29) is 19.4 Å². The van der Waals surface area contributed by atoms with Gasteiger partial charge in [-0.2, -0.15) is 0 Å². The summed E-state index contributed by atoms with van der Waals surface area (Å²) in [4.78, 5) is 127. The molecular formula is C33H45N3O19. The van der Waals surface area contributed by atoms with Crippen molar-refractivity contribution < 1.29 is 90.6 Å². The van der Waals surface area contributed by atoms with E-state index in [1.165, 1.54) is 7.11 Å². The van der Waals surface area contributed by atoms with Gasteiger partial charge in [0.25, 0.3) is 0 Å². The lowest BCUT2D eigenvalue weighted by Gasteiger charge is -2.49. The molecule has 0 radical (unpaired) electrons. The van der Waals surface area contributed by atoms with E-state index in [2.05, 4.69) is 5.32 Å². The van der Waals surface area contributed by atoms with Crippen LogP contribution in [0.15, 0.2) is 0 Å². The Hall–Kier alpha value is -5.38. The second-order valence-electron chi connectivity index (χ2n) is 12.6. The highest BCUT2D eigenvalue weighted by Crippen LogP contribution is 2.37. The van der Waals surface area contributed by atoms with Gasteiger partial charge in [0.2, 0.25) is 5.91 Å². The van der Waals surface area contributed by atoms with Gasteiger partial charge >= 0.3 is 53.6 Å². The SMILES string of the molecule is CO[C@H]1O[C@H](COC(C)=O)[C@@H](OC(C)=O)[C@H](OC(C)=O)[C@@H]1NC(=O)CCCN1C(=O)C(=O)N2[C@H](COC(C)=O)[C@@H](OC(C)=O)[C@H](OC(C)=O)[C@H](OC(C)=O)[C@@H]12. The third-order valence-corrected chi connectivity index (χ3v) is 8.39. The van der Waals surface area contributed by atoms with Crippen LogP contribution in [0.2, 0.25) is 0 Å². The molecule has 22 heteroatoms. The summed E-state index contributed by atoms with van der Waals surface area (Å²) >= 11 is 0. The lowest BCUT2D eigenvalue weighted by atomic mass is 9.91. The smallest absolute Gasteiger partial charge is 0.314 e. The third-order valence-electron chi connectivity index (χ3n) is 8.39. The van der Waals surface area contributed by atoms with Crippen LogP contribution in [0, 0.1) is 0 Å². The molecule has 0 aliphatic carbocycles. The normalized spacial score (nSPS) is 28.6. The molecule has 0 saturated carbocycles. The number of nitrogens with one attached hydrogen (secondary N) is 1. The maximum Gasteiger partial charge on any atom is 0.314 e. The molecule has 3 aliphatic rings. The number of carbonyl (C=O) groups excluding carboxylic acids is 10. The van der Waals surface area contributed by atoms with E-state index < -0.39 is 134 Å². The largest absolute Gasteiger partial charge is 0.464 e. The number of rotatable bonds is 15. The number of fused-ring (bicyclic) bond motifs is 1. The Morgan fingerprint density at radius 2 is 1.11 bits per heavy atom. The number of nitrogens with zero attached hydrogens (tertiary/aromatic N) is 2. The summed E-state index contributed by atoms with van der Waals surface area (Å²) in [5.74, 6) is -8.83. The number of esters is 7. The van der Waals surface area contributed by atoms with Crippen LogP contribution in [0.1, 0.15) is 61.3 Å². The Labute approximate surface area is 314 Å². The minimum atomic E-state index is -1.62. The van der Waals surface area contributed by atoms with Crippen molar-refractivity contribution in [3.05, 3.63) is 0 Å². The summed E-state index contributed by atoms with van der Waals surface area (Å²) in [6.07, 6.45) is -12.1. The van der Waals surface area contributed by atoms with Gasteiger partial charge in [-0.15, -0.1) is 0 Å². The highest BCUT2D eigenvalue weighted by Gasteiger charge is 2.63. The van der Waals surface area contributed by atoms with Crippen molar-refractivity contribution >= 4 is 59.5 Å². The van der Waals surface area contributed by atoms with E-state index in [0.717, 1.165) is 58.3 Å². The first-order chi connectivity index (χ1) is 25.8. The Morgan fingerprint density at radius 3 is 1.64 bits per heavy atom. The number of piperidine rings is 1. The first kappa shape index (κ1) is 44.0. The van der Waals surface area contributed by atoms with Gasteiger partial charge in [-0.1, -0.05) is 0 Å². The molecule has 10 atom stereocenters. The quantitative estimate of drug-likeness (QED) is 0.105. The van der Waals surface area contributed by atoms with Gasteiger partial charge in [-0.3, -0.25) is 52.8 Å². The van der Waals surface area contributed by atoms with Crippen LogP contribution >= 0.6 is 0 Å². The number of methoxy groups -OCH3 is 1. The summed E-state index contributed by atoms with van der Waals surface area (Å²) in [6, 6.07) is -2.69. The van der Waals surface area contributed by atoms with Crippen LogP contribution in [0.3, 0.4) is 0 Å². The van der Waals surface area contributed by atoms with Gasteiger partial charge in [0.15, 0.2) is 36.8 Å². The van der Waals surface area contributed by atoms with Crippen LogP contribution in [0.4, 0.5) is 0 Å². The van der Waals surface area contributed by atoms with Gasteiger partial charge in [0, 0.05) is 68.5 Å². The Balaban J connectivity index is 1.91. The number of hydrogen-bond acceptors (Lipinski definition) is 19. The maximum atomic E-state index is 13.6. The molecule has 0 spiro atoms. The monoisotopic (exact) mass is 787 g/mol. The van der Waals surface area contributed by atoms with Gasteiger partial charge in [0.1, 0.15) is 37.6 Å². The van der Waals surface area contributed by atoms with E-state index in [1.807, 2.05) is 0 Å². The molecule has 0 aromatic carbocycles. The van der Waals surface area contributed by atoms with Crippen LogP contribution in [-0.4, -0.2) is 157 Å². The van der Waals surface area contributed by atoms with Crippen molar-refractivity contribution in [3.8, 4) is 0 Å². The van der Waals surface area contributed by atoms with Gasteiger partial charge < -0.3 is 52.8 Å². The molecule has 22 nitrogen and oxygen atoms in total. The first-order valence-corrected chi connectivity index (χ1v) is 17.0. The topological polar surface area (TPSA) is 272 Å².